The van der Waals surface area contributed by atoms with Crippen molar-refractivity contribution in [3.05, 3.63) is 89.4 Å². The van der Waals surface area contributed by atoms with Gasteiger partial charge in [-0.2, -0.15) is 0 Å². The highest BCUT2D eigenvalue weighted by Gasteiger charge is 2.32. The molecule has 1 aliphatic heterocycles. The first-order valence-corrected chi connectivity index (χ1v) is 9.92. The molecule has 28 heavy (non-hydrogen) atoms. The van der Waals surface area contributed by atoms with Gasteiger partial charge >= 0.3 is 0 Å². The molecule has 3 nitrogen and oxygen atoms in total. The molecule has 140 valence electrons. The molecule has 2 aromatic carbocycles. The van der Waals surface area contributed by atoms with Gasteiger partial charge in [0, 0.05) is 42.6 Å². The lowest BCUT2D eigenvalue weighted by molar-refractivity contribution is 0.257. The molecular weight excluding hydrogens is 342 g/mol. The second kappa shape index (κ2) is 6.61. The van der Waals surface area contributed by atoms with Crippen molar-refractivity contribution in [3.8, 4) is 11.1 Å². The van der Waals surface area contributed by atoms with Crippen LogP contribution in [0.5, 0.6) is 0 Å². The summed E-state index contributed by atoms with van der Waals surface area (Å²) in [6.07, 6.45) is 4.85. The third kappa shape index (κ3) is 2.58. The molecule has 0 saturated heterocycles. The highest BCUT2D eigenvalue weighted by atomic mass is 15.2. The van der Waals surface area contributed by atoms with E-state index in [1.165, 1.54) is 44.4 Å². The molecule has 1 unspecified atom stereocenters. The van der Waals surface area contributed by atoms with Gasteiger partial charge in [0.05, 0.1) is 6.04 Å². The van der Waals surface area contributed by atoms with Crippen LogP contribution >= 0.6 is 0 Å². The molecular formula is C25H25N3. The summed E-state index contributed by atoms with van der Waals surface area (Å²) in [5.41, 5.74) is 9.46. The first-order chi connectivity index (χ1) is 13.6. The number of benzene rings is 2. The number of fused-ring (bicyclic) bond motifs is 3. The normalized spacial score (nSPS) is 17.0. The van der Waals surface area contributed by atoms with Crippen LogP contribution in [0, 0.1) is 6.92 Å². The van der Waals surface area contributed by atoms with Gasteiger partial charge in [-0.1, -0.05) is 35.9 Å². The molecule has 3 heterocycles. The molecule has 0 radical (unpaired) electrons. The summed E-state index contributed by atoms with van der Waals surface area (Å²) in [6, 6.07) is 20.1. The number of likely N-dealkylation sites (N-methyl/N-ethyl adjacent to an activating group) is 1. The Balaban J connectivity index is 1.77. The maximum atomic E-state index is 4.20. The van der Waals surface area contributed by atoms with Crippen LogP contribution in [-0.4, -0.2) is 28.0 Å². The fraction of sp³-hybridized carbons (Fsp3) is 0.240. The molecule has 0 N–H and O–H groups in total. The molecule has 0 fully saturated rings. The molecule has 0 bridgehead atoms. The fourth-order valence-corrected chi connectivity index (χ4v) is 4.81. The number of aromatic nitrogens is 2. The van der Waals surface area contributed by atoms with Crippen molar-refractivity contribution in [1.29, 1.82) is 0 Å². The summed E-state index contributed by atoms with van der Waals surface area (Å²) in [7, 11) is 4.47. The molecule has 5 rings (SSSR count). The zero-order valence-electron chi connectivity index (χ0n) is 16.7. The minimum atomic E-state index is 0.242. The molecule has 2 aromatic heterocycles. The number of hydrogen-bond acceptors (Lipinski definition) is 2. The van der Waals surface area contributed by atoms with Crippen molar-refractivity contribution in [1.82, 2.24) is 14.5 Å². The second-order valence-electron chi connectivity index (χ2n) is 7.90. The van der Waals surface area contributed by atoms with E-state index in [4.69, 9.17) is 0 Å². The first-order valence-electron chi connectivity index (χ1n) is 9.92. The van der Waals surface area contributed by atoms with Gasteiger partial charge in [-0.15, -0.1) is 0 Å². The number of aryl methyl sites for hydroxylation is 2. The lowest BCUT2D eigenvalue weighted by atomic mass is 9.88. The van der Waals surface area contributed by atoms with E-state index in [2.05, 4.69) is 90.1 Å². The van der Waals surface area contributed by atoms with Gasteiger partial charge in [-0.05, 0) is 66.9 Å². The first kappa shape index (κ1) is 17.2. The third-order valence-electron chi connectivity index (χ3n) is 6.17. The topological polar surface area (TPSA) is 21.1 Å². The van der Waals surface area contributed by atoms with Gasteiger partial charge in [0.25, 0.3) is 0 Å². The molecule has 3 heteroatoms. The van der Waals surface area contributed by atoms with Gasteiger partial charge in [0.15, 0.2) is 0 Å². The van der Waals surface area contributed by atoms with E-state index in [0.29, 0.717) is 0 Å². The average Bonchev–Trinajstić information content (AvgIpc) is 3.00. The molecule has 0 saturated carbocycles. The predicted molar refractivity (Wildman–Crippen MR) is 116 cm³/mol. The highest BCUT2D eigenvalue weighted by Crippen LogP contribution is 2.42. The molecule has 1 atom stereocenters. The number of hydrogen-bond donors (Lipinski definition) is 0. The standard InChI is InChI=1S/C25H25N3/c1-17-8-9-23-22(16-17)21-12-15-27(2)24(25(21)28(23)3)20-7-5-4-6-19(20)18-10-13-26-14-11-18/h4-11,13-14,16,24H,12,15H2,1-3H3. The summed E-state index contributed by atoms with van der Waals surface area (Å²) >= 11 is 0. The largest absolute Gasteiger partial charge is 0.346 e. The van der Waals surface area contributed by atoms with Gasteiger partial charge in [-0.3, -0.25) is 9.88 Å². The van der Waals surface area contributed by atoms with Crippen LogP contribution in [0.3, 0.4) is 0 Å². The highest BCUT2D eigenvalue weighted by molar-refractivity contribution is 5.87. The number of pyridine rings is 1. The maximum Gasteiger partial charge on any atom is 0.0762 e. The van der Waals surface area contributed by atoms with Crippen molar-refractivity contribution in [2.24, 2.45) is 7.05 Å². The summed E-state index contributed by atoms with van der Waals surface area (Å²) in [4.78, 5) is 6.69. The van der Waals surface area contributed by atoms with E-state index in [9.17, 15) is 0 Å². The summed E-state index contributed by atoms with van der Waals surface area (Å²) in [5, 5.41) is 1.41. The van der Waals surface area contributed by atoms with E-state index in [1.54, 1.807) is 0 Å². The Morgan fingerprint density at radius 1 is 0.964 bits per heavy atom. The molecule has 0 amide bonds. The van der Waals surface area contributed by atoms with Gasteiger partial charge < -0.3 is 4.57 Å². The fourth-order valence-electron chi connectivity index (χ4n) is 4.81. The number of rotatable bonds is 2. The Morgan fingerprint density at radius 3 is 2.57 bits per heavy atom. The zero-order valence-corrected chi connectivity index (χ0v) is 16.7. The lowest BCUT2D eigenvalue weighted by Crippen LogP contribution is -2.34. The van der Waals surface area contributed by atoms with Gasteiger partial charge in [-0.25, -0.2) is 0 Å². The Kier molecular flexibility index (Phi) is 4.06. The molecule has 4 aromatic rings. The lowest BCUT2D eigenvalue weighted by Gasteiger charge is -2.35. The Labute approximate surface area is 166 Å². The van der Waals surface area contributed by atoms with Crippen molar-refractivity contribution in [2.45, 2.75) is 19.4 Å². The second-order valence-corrected chi connectivity index (χ2v) is 7.90. The number of nitrogens with zero attached hydrogens (tertiary/aromatic N) is 3. The minimum absolute atomic E-state index is 0.242. The third-order valence-corrected chi connectivity index (χ3v) is 6.17. The van der Waals surface area contributed by atoms with Crippen molar-refractivity contribution in [2.75, 3.05) is 13.6 Å². The Morgan fingerprint density at radius 2 is 1.75 bits per heavy atom. The van der Waals surface area contributed by atoms with E-state index < -0.39 is 0 Å². The SMILES string of the molecule is Cc1ccc2c(c1)c1c(n2C)C(c2ccccc2-c2ccncc2)N(C)CC1. The van der Waals surface area contributed by atoms with Crippen LogP contribution in [0.4, 0.5) is 0 Å². The van der Waals surface area contributed by atoms with E-state index >= 15 is 0 Å². The maximum absolute atomic E-state index is 4.20. The van der Waals surface area contributed by atoms with Crippen LogP contribution in [0.1, 0.15) is 28.4 Å². The molecule has 0 aliphatic carbocycles. The Bertz CT molecular complexity index is 1160. The van der Waals surface area contributed by atoms with Gasteiger partial charge in [0.1, 0.15) is 0 Å². The summed E-state index contributed by atoms with van der Waals surface area (Å²) in [6.45, 7) is 3.25. The Hall–Kier alpha value is -2.91. The van der Waals surface area contributed by atoms with E-state index in [1.807, 2.05) is 12.4 Å². The predicted octanol–water partition coefficient (Wildman–Crippen LogP) is 5.13. The van der Waals surface area contributed by atoms with Crippen molar-refractivity contribution < 1.29 is 0 Å². The van der Waals surface area contributed by atoms with Crippen LogP contribution in [0.15, 0.2) is 67.0 Å². The molecule has 1 aliphatic rings. The molecule has 0 spiro atoms. The van der Waals surface area contributed by atoms with Crippen LogP contribution in [-0.2, 0) is 13.5 Å². The van der Waals surface area contributed by atoms with Crippen LogP contribution < -0.4 is 0 Å². The quantitative estimate of drug-likeness (QED) is 0.490. The zero-order chi connectivity index (χ0) is 19.3. The van der Waals surface area contributed by atoms with Crippen LogP contribution in [0.2, 0.25) is 0 Å². The summed E-state index contributed by atoms with van der Waals surface area (Å²) in [5.74, 6) is 0. The van der Waals surface area contributed by atoms with E-state index in [0.717, 1.165) is 13.0 Å². The van der Waals surface area contributed by atoms with Crippen LogP contribution in [0.25, 0.3) is 22.0 Å². The van der Waals surface area contributed by atoms with Crippen molar-refractivity contribution >= 4 is 10.9 Å². The van der Waals surface area contributed by atoms with Crippen molar-refractivity contribution in [3.63, 3.8) is 0 Å². The smallest absolute Gasteiger partial charge is 0.0762 e. The monoisotopic (exact) mass is 367 g/mol. The average molecular weight is 367 g/mol. The summed E-state index contributed by atoms with van der Waals surface area (Å²) < 4.78 is 2.41. The van der Waals surface area contributed by atoms with Gasteiger partial charge in [0.2, 0.25) is 0 Å². The van der Waals surface area contributed by atoms with E-state index in [-0.39, 0.29) is 6.04 Å². The minimum Gasteiger partial charge on any atom is -0.346 e.